The third-order valence-corrected chi connectivity index (χ3v) is 4.44. The van der Waals surface area contributed by atoms with E-state index in [-0.39, 0.29) is 11.7 Å². The smallest absolute Gasteiger partial charge is 0.238 e. The van der Waals surface area contributed by atoms with Crippen LogP contribution in [0.4, 0.5) is 15.8 Å². The number of benzene rings is 1. The van der Waals surface area contributed by atoms with Gasteiger partial charge in [-0.15, -0.1) is 0 Å². The average Bonchev–Trinajstić information content (AvgIpc) is 2.75. The Kier molecular flexibility index (Phi) is 5.33. The van der Waals surface area contributed by atoms with Crippen molar-refractivity contribution in [2.75, 3.05) is 42.9 Å². The van der Waals surface area contributed by atoms with E-state index in [0.29, 0.717) is 6.54 Å². The lowest BCUT2D eigenvalue weighted by molar-refractivity contribution is -0.117. The Bertz CT molecular complexity index is 728. The molecule has 1 amide bonds. The lowest BCUT2D eigenvalue weighted by Gasteiger charge is -2.23. The molecule has 1 fully saturated rings. The van der Waals surface area contributed by atoms with Crippen LogP contribution in [0.15, 0.2) is 30.5 Å². The Morgan fingerprint density at radius 3 is 2.64 bits per heavy atom. The summed E-state index contributed by atoms with van der Waals surface area (Å²) in [6.07, 6.45) is 2.78. The van der Waals surface area contributed by atoms with Crippen LogP contribution in [0.1, 0.15) is 12.1 Å². The van der Waals surface area contributed by atoms with E-state index in [1.54, 1.807) is 4.68 Å². The van der Waals surface area contributed by atoms with Gasteiger partial charge in [0.1, 0.15) is 5.82 Å². The van der Waals surface area contributed by atoms with Gasteiger partial charge in [-0.2, -0.15) is 5.10 Å². The molecule has 0 radical (unpaired) electrons. The molecule has 2 heterocycles. The molecule has 6 nitrogen and oxygen atoms in total. The topological polar surface area (TPSA) is 53.4 Å². The van der Waals surface area contributed by atoms with Crippen LogP contribution >= 0.6 is 0 Å². The average molecular weight is 345 g/mol. The SMILES string of the molecule is Cc1nn(C)cc1NC(=O)CN1CCCN(c2ccc(F)cc2)CC1. The molecular weight excluding hydrogens is 321 g/mol. The number of rotatable bonds is 4. The first-order valence-corrected chi connectivity index (χ1v) is 8.54. The highest BCUT2D eigenvalue weighted by atomic mass is 19.1. The number of nitrogens with zero attached hydrogens (tertiary/aromatic N) is 4. The van der Waals surface area contributed by atoms with Crippen molar-refractivity contribution >= 4 is 17.3 Å². The number of nitrogens with one attached hydrogen (secondary N) is 1. The fraction of sp³-hybridized carbons (Fsp3) is 0.444. The molecule has 1 saturated heterocycles. The standard InChI is InChI=1S/C18H24FN5O/c1-14-17(12-22(2)21-14)20-18(25)13-23-8-3-9-24(11-10-23)16-6-4-15(19)5-7-16/h4-7,12H,3,8-11,13H2,1-2H3,(H,20,25). The highest BCUT2D eigenvalue weighted by Gasteiger charge is 2.18. The number of aromatic nitrogens is 2. The van der Waals surface area contributed by atoms with Gasteiger partial charge in [0, 0.05) is 45.1 Å². The first-order valence-electron chi connectivity index (χ1n) is 8.54. The van der Waals surface area contributed by atoms with Crippen molar-refractivity contribution in [1.29, 1.82) is 0 Å². The monoisotopic (exact) mass is 345 g/mol. The second kappa shape index (κ2) is 7.65. The summed E-state index contributed by atoms with van der Waals surface area (Å²) in [4.78, 5) is 16.7. The maximum Gasteiger partial charge on any atom is 0.238 e. The summed E-state index contributed by atoms with van der Waals surface area (Å²) in [6, 6.07) is 6.59. The zero-order chi connectivity index (χ0) is 17.8. The van der Waals surface area contributed by atoms with Crippen LogP contribution in [-0.2, 0) is 11.8 Å². The summed E-state index contributed by atoms with van der Waals surface area (Å²) in [6.45, 7) is 5.65. The molecule has 1 aliphatic rings. The zero-order valence-electron chi connectivity index (χ0n) is 14.7. The minimum atomic E-state index is -0.220. The summed E-state index contributed by atoms with van der Waals surface area (Å²) in [5.74, 6) is -0.242. The molecule has 1 aliphatic heterocycles. The van der Waals surface area contributed by atoms with Gasteiger partial charge in [0.25, 0.3) is 0 Å². The Hall–Kier alpha value is -2.41. The molecule has 1 N–H and O–H groups in total. The molecule has 7 heteroatoms. The van der Waals surface area contributed by atoms with Gasteiger partial charge in [-0.1, -0.05) is 0 Å². The van der Waals surface area contributed by atoms with E-state index in [1.807, 2.05) is 32.3 Å². The molecule has 25 heavy (non-hydrogen) atoms. The van der Waals surface area contributed by atoms with E-state index in [9.17, 15) is 9.18 Å². The van der Waals surface area contributed by atoms with Crippen LogP contribution < -0.4 is 10.2 Å². The van der Waals surface area contributed by atoms with E-state index < -0.39 is 0 Å². The zero-order valence-corrected chi connectivity index (χ0v) is 14.7. The van der Waals surface area contributed by atoms with Crippen LogP contribution in [0.5, 0.6) is 0 Å². The Labute approximate surface area is 147 Å². The quantitative estimate of drug-likeness (QED) is 0.921. The van der Waals surface area contributed by atoms with Crippen molar-refractivity contribution < 1.29 is 9.18 Å². The van der Waals surface area contributed by atoms with Gasteiger partial charge >= 0.3 is 0 Å². The molecule has 0 saturated carbocycles. The van der Waals surface area contributed by atoms with Gasteiger partial charge in [0.2, 0.25) is 5.91 Å². The number of anilines is 2. The fourth-order valence-electron chi connectivity index (χ4n) is 3.15. The summed E-state index contributed by atoms with van der Waals surface area (Å²) in [5.41, 5.74) is 2.60. The fourth-order valence-corrected chi connectivity index (χ4v) is 3.15. The molecule has 0 atom stereocenters. The molecule has 134 valence electrons. The van der Waals surface area contributed by atoms with Gasteiger partial charge < -0.3 is 10.2 Å². The molecule has 0 bridgehead atoms. The molecular formula is C18H24FN5O. The molecule has 3 rings (SSSR count). The van der Waals surface area contributed by atoms with E-state index in [1.165, 1.54) is 12.1 Å². The van der Waals surface area contributed by atoms with Crippen LogP contribution in [0.2, 0.25) is 0 Å². The number of aryl methyl sites for hydroxylation is 2. The van der Waals surface area contributed by atoms with E-state index in [0.717, 1.165) is 49.7 Å². The van der Waals surface area contributed by atoms with E-state index in [2.05, 4.69) is 20.2 Å². The molecule has 1 aromatic heterocycles. The first kappa shape index (κ1) is 17.4. The normalized spacial score (nSPS) is 15.9. The minimum Gasteiger partial charge on any atom is -0.370 e. The van der Waals surface area contributed by atoms with Crippen LogP contribution in [0.3, 0.4) is 0 Å². The second-order valence-corrected chi connectivity index (χ2v) is 6.44. The predicted octanol–water partition coefficient (Wildman–Crippen LogP) is 2.02. The minimum absolute atomic E-state index is 0.0219. The van der Waals surface area contributed by atoms with Crippen molar-refractivity contribution in [2.45, 2.75) is 13.3 Å². The van der Waals surface area contributed by atoms with Gasteiger partial charge in [-0.25, -0.2) is 4.39 Å². The van der Waals surface area contributed by atoms with Crippen molar-refractivity contribution in [2.24, 2.45) is 7.05 Å². The third-order valence-electron chi connectivity index (χ3n) is 4.44. The van der Waals surface area contributed by atoms with Crippen molar-refractivity contribution in [3.8, 4) is 0 Å². The maximum absolute atomic E-state index is 13.1. The first-order chi connectivity index (χ1) is 12.0. The molecule has 1 aromatic carbocycles. The molecule has 0 unspecified atom stereocenters. The number of amides is 1. The maximum atomic E-state index is 13.1. The van der Waals surface area contributed by atoms with Gasteiger partial charge in [0.15, 0.2) is 0 Å². The van der Waals surface area contributed by atoms with Crippen molar-refractivity contribution in [3.05, 3.63) is 42.0 Å². The Morgan fingerprint density at radius 1 is 1.20 bits per heavy atom. The van der Waals surface area contributed by atoms with Crippen molar-refractivity contribution in [3.63, 3.8) is 0 Å². The van der Waals surface area contributed by atoms with Crippen LogP contribution in [0.25, 0.3) is 0 Å². The second-order valence-electron chi connectivity index (χ2n) is 6.44. The third kappa shape index (κ3) is 4.57. The molecule has 0 aliphatic carbocycles. The van der Waals surface area contributed by atoms with Gasteiger partial charge in [-0.3, -0.25) is 14.4 Å². The summed E-state index contributed by atoms with van der Waals surface area (Å²) < 4.78 is 14.8. The van der Waals surface area contributed by atoms with Crippen molar-refractivity contribution in [1.82, 2.24) is 14.7 Å². The number of halogens is 1. The highest BCUT2D eigenvalue weighted by Crippen LogP contribution is 2.17. The molecule has 0 spiro atoms. The van der Waals surface area contributed by atoms with Crippen LogP contribution in [-0.4, -0.2) is 53.3 Å². The summed E-state index contributed by atoms with van der Waals surface area (Å²) >= 11 is 0. The van der Waals surface area contributed by atoms with E-state index in [4.69, 9.17) is 0 Å². The van der Waals surface area contributed by atoms with Crippen LogP contribution in [0, 0.1) is 12.7 Å². The van der Waals surface area contributed by atoms with E-state index >= 15 is 0 Å². The number of hydrogen-bond acceptors (Lipinski definition) is 4. The highest BCUT2D eigenvalue weighted by molar-refractivity contribution is 5.92. The number of carbonyl (C=O) groups excluding carboxylic acids is 1. The Morgan fingerprint density at radius 2 is 1.96 bits per heavy atom. The largest absolute Gasteiger partial charge is 0.370 e. The van der Waals surface area contributed by atoms with Gasteiger partial charge in [0.05, 0.1) is 17.9 Å². The number of carbonyl (C=O) groups is 1. The number of hydrogen-bond donors (Lipinski definition) is 1. The summed E-state index contributed by atoms with van der Waals surface area (Å²) in [5, 5.41) is 7.16. The lowest BCUT2D eigenvalue weighted by Crippen LogP contribution is -2.36. The lowest BCUT2D eigenvalue weighted by atomic mass is 10.2. The summed E-state index contributed by atoms with van der Waals surface area (Å²) in [7, 11) is 1.83. The predicted molar refractivity (Wildman–Crippen MR) is 96.2 cm³/mol. The molecule has 2 aromatic rings. The van der Waals surface area contributed by atoms with Gasteiger partial charge in [-0.05, 0) is 37.6 Å². The Balaban J connectivity index is 1.53.